The van der Waals surface area contributed by atoms with E-state index in [4.69, 9.17) is 5.11 Å². The quantitative estimate of drug-likeness (QED) is 0.559. The van der Waals surface area contributed by atoms with Crippen molar-refractivity contribution < 1.29 is 24.3 Å². The minimum absolute atomic E-state index is 0.0206. The Morgan fingerprint density at radius 3 is 2.67 bits per heavy atom. The van der Waals surface area contributed by atoms with Crippen LogP contribution in [0.5, 0.6) is 0 Å². The molecule has 0 aromatic heterocycles. The maximum absolute atomic E-state index is 11.5. The highest BCUT2D eigenvalue weighted by Crippen LogP contribution is 2.38. The molecule has 0 saturated carbocycles. The maximum atomic E-state index is 11.5. The van der Waals surface area contributed by atoms with Crippen LogP contribution in [0.15, 0.2) is 12.1 Å². The molecular weight excluding hydrogens is 257 g/mol. The second-order valence-corrected chi connectivity index (χ2v) is 5.92. The van der Waals surface area contributed by atoms with Crippen LogP contribution in [-0.4, -0.2) is 26.9 Å². The number of aliphatic carboxylic acids is 1. The monoisotopic (exact) mass is 271 g/mol. The molecule has 1 aromatic rings. The van der Waals surface area contributed by atoms with Crippen LogP contribution in [0, 0.1) is 6.92 Å². The first-order valence-electron chi connectivity index (χ1n) is 5.44. The molecule has 98 valence electrons. The summed E-state index contributed by atoms with van der Waals surface area (Å²) in [6, 6.07) is 2.62. The average molecular weight is 271 g/mol. The molecule has 0 bridgehead atoms. The van der Waals surface area contributed by atoms with Gasteiger partial charge in [0.15, 0.2) is 0 Å². The first-order valence-corrected chi connectivity index (χ1v) is 7.05. The topological polar surface area (TPSA) is 107 Å². The lowest BCUT2D eigenvalue weighted by Crippen LogP contribution is -2.43. The highest BCUT2D eigenvalue weighted by Gasteiger charge is 2.31. The molecule has 18 heavy (non-hydrogen) atoms. The Kier molecular flexibility index (Phi) is 3.29. The Hall–Kier alpha value is -1.20. The van der Waals surface area contributed by atoms with E-state index >= 15 is 0 Å². The van der Waals surface area contributed by atoms with Crippen molar-refractivity contribution in [2.24, 2.45) is 0 Å². The van der Waals surface area contributed by atoms with Crippen molar-refractivity contribution in [1.29, 1.82) is 0 Å². The van der Waals surface area contributed by atoms with E-state index in [1.54, 1.807) is 19.1 Å². The molecule has 1 heterocycles. The van der Waals surface area contributed by atoms with Gasteiger partial charge in [-0.15, -0.1) is 0 Å². The zero-order valence-electron chi connectivity index (χ0n) is 9.75. The van der Waals surface area contributed by atoms with Crippen LogP contribution >= 0.6 is 7.60 Å². The smallest absolute Gasteiger partial charge is 0.356 e. The summed E-state index contributed by atoms with van der Waals surface area (Å²) in [6.45, 7) is 1.92. The number of hydrogen-bond donors (Lipinski definition) is 4. The van der Waals surface area contributed by atoms with Crippen molar-refractivity contribution in [1.82, 2.24) is 5.32 Å². The summed E-state index contributed by atoms with van der Waals surface area (Å²) in [6.07, 6.45) is 0.0901. The number of hydrogen-bond acceptors (Lipinski definition) is 3. The van der Waals surface area contributed by atoms with Crippen molar-refractivity contribution in [3.63, 3.8) is 0 Å². The Morgan fingerprint density at radius 1 is 1.44 bits per heavy atom. The number of aryl methyl sites for hydroxylation is 1. The van der Waals surface area contributed by atoms with E-state index in [0.717, 1.165) is 5.56 Å². The van der Waals surface area contributed by atoms with Crippen molar-refractivity contribution >= 4 is 18.9 Å². The molecule has 6 nitrogen and oxygen atoms in total. The zero-order valence-corrected chi connectivity index (χ0v) is 10.6. The lowest BCUT2D eigenvalue weighted by molar-refractivity contribution is -0.139. The summed E-state index contributed by atoms with van der Waals surface area (Å²) < 4.78 is 11.5. The molecule has 7 heteroatoms. The molecule has 2 rings (SSSR count). The SMILES string of the molecule is Cc1ccc2c(c1P(=O)(O)O)CC(C(=O)O)NC2. The van der Waals surface area contributed by atoms with Gasteiger partial charge in [-0.05, 0) is 30.0 Å². The summed E-state index contributed by atoms with van der Waals surface area (Å²) in [7, 11) is -4.39. The second kappa shape index (κ2) is 4.48. The minimum Gasteiger partial charge on any atom is -0.480 e. The number of fused-ring (bicyclic) bond motifs is 1. The van der Waals surface area contributed by atoms with E-state index in [1.807, 2.05) is 0 Å². The predicted molar refractivity (Wildman–Crippen MR) is 64.8 cm³/mol. The lowest BCUT2D eigenvalue weighted by atomic mass is 9.94. The van der Waals surface area contributed by atoms with Crippen molar-refractivity contribution in [3.05, 3.63) is 28.8 Å². The largest absolute Gasteiger partial charge is 0.480 e. The average Bonchev–Trinajstić information content (AvgIpc) is 2.25. The van der Waals surface area contributed by atoms with Crippen LogP contribution < -0.4 is 10.6 Å². The van der Waals surface area contributed by atoms with Crippen LogP contribution in [0.1, 0.15) is 16.7 Å². The summed E-state index contributed by atoms with van der Waals surface area (Å²) in [5.74, 6) is -1.01. The van der Waals surface area contributed by atoms with Gasteiger partial charge in [0, 0.05) is 6.54 Å². The van der Waals surface area contributed by atoms with E-state index in [2.05, 4.69) is 5.32 Å². The first-order chi connectivity index (χ1) is 8.30. The molecule has 0 aliphatic carbocycles. The number of carboxylic acid groups (broad SMARTS) is 1. The molecule has 0 spiro atoms. The van der Waals surface area contributed by atoms with E-state index in [0.29, 0.717) is 17.7 Å². The van der Waals surface area contributed by atoms with Gasteiger partial charge in [-0.3, -0.25) is 9.36 Å². The zero-order chi connectivity index (χ0) is 13.5. The highest BCUT2D eigenvalue weighted by atomic mass is 31.2. The summed E-state index contributed by atoms with van der Waals surface area (Å²) in [5, 5.41) is 11.8. The standard InChI is InChI=1S/C11H14NO5P/c1-6-2-3-7-5-12-9(11(13)14)4-8(7)10(6)18(15,16)17/h2-3,9,12H,4-5H2,1H3,(H,13,14)(H2,15,16,17). The number of benzene rings is 1. The third kappa shape index (κ3) is 2.33. The van der Waals surface area contributed by atoms with Crippen LogP contribution in [0.4, 0.5) is 0 Å². The fourth-order valence-corrected chi connectivity index (χ4v) is 3.40. The van der Waals surface area contributed by atoms with Crippen molar-refractivity contribution in [3.8, 4) is 0 Å². The van der Waals surface area contributed by atoms with Gasteiger partial charge in [-0.25, -0.2) is 0 Å². The summed E-state index contributed by atoms with van der Waals surface area (Å²) in [5.41, 5.74) is 1.71. The molecule has 1 aromatic carbocycles. The minimum atomic E-state index is -4.39. The first kappa shape index (κ1) is 13.2. The second-order valence-electron chi connectivity index (χ2n) is 4.39. The Balaban J connectivity index is 2.56. The number of nitrogens with one attached hydrogen (secondary N) is 1. The maximum Gasteiger partial charge on any atom is 0.356 e. The Bertz CT molecular complexity index is 551. The summed E-state index contributed by atoms with van der Waals surface area (Å²) in [4.78, 5) is 29.7. The van der Waals surface area contributed by atoms with E-state index in [1.165, 1.54) is 0 Å². The lowest BCUT2D eigenvalue weighted by Gasteiger charge is -2.26. The molecule has 1 aliphatic heterocycles. The molecule has 0 fully saturated rings. The third-order valence-corrected chi connectivity index (χ3v) is 4.32. The van der Waals surface area contributed by atoms with Gasteiger partial charge in [0.05, 0.1) is 5.30 Å². The number of carbonyl (C=O) groups is 1. The van der Waals surface area contributed by atoms with Crippen molar-refractivity contribution in [2.45, 2.75) is 25.9 Å². The van der Waals surface area contributed by atoms with E-state index in [9.17, 15) is 19.1 Å². The fourth-order valence-electron chi connectivity index (χ4n) is 2.28. The molecule has 4 N–H and O–H groups in total. The van der Waals surface area contributed by atoms with Crippen LogP contribution in [-0.2, 0) is 22.3 Å². The molecule has 1 aliphatic rings. The van der Waals surface area contributed by atoms with Gasteiger partial charge in [0.1, 0.15) is 6.04 Å². The van der Waals surface area contributed by atoms with Crippen LogP contribution in [0.2, 0.25) is 0 Å². The highest BCUT2D eigenvalue weighted by molar-refractivity contribution is 7.60. The molecule has 0 saturated heterocycles. The van der Waals surface area contributed by atoms with Gasteiger partial charge < -0.3 is 20.2 Å². The van der Waals surface area contributed by atoms with Gasteiger partial charge in [0.2, 0.25) is 0 Å². The molecule has 1 atom stereocenters. The van der Waals surface area contributed by atoms with Gasteiger partial charge in [-0.1, -0.05) is 12.1 Å². The third-order valence-electron chi connectivity index (χ3n) is 3.12. The van der Waals surface area contributed by atoms with E-state index in [-0.39, 0.29) is 11.7 Å². The fraction of sp³-hybridized carbons (Fsp3) is 0.364. The molecular formula is C11H14NO5P. The molecule has 0 amide bonds. The normalized spacial score (nSPS) is 19.4. The Morgan fingerprint density at radius 2 is 2.11 bits per heavy atom. The van der Waals surface area contributed by atoms with Crippen LogP contribution in [0.25, 0.3) is 0 Å². The van der Waals surface area contributed by atoms with Crippen LogP contribution in [0.3, 0.4) is 0 Å². The Labute approximate surface area is 104 Å². The number of rotatable bonds is 2. The predicted octanol–water partition coefficient (Wildman–Crippen LogP) is -0.103. The van der Waals surface area contributed by atoms with Gasteiger partial charge >= 0.3 is 13.6 Å². The van der Waals surface area contributed by atoms with Gasteiger partial charge in [-0.2, -0.15) is 0 Å². The number of carboxylic acids is 1. The summed E-state index contributed by atoms with van der Waals surface area (Å²) >= 11 is 0. The van der Waals surface area contributed by atoms with Crippen molar-refractivity contribution in [2.75, 3.05) is 0 Å². The molecule has 1 unspecified atom stereocenters. The molecule has 0 radical (unpaired) electrons. The van der Waals surface area contributed by atoms with E-state index < -0.39 is 19.6 Å². The van der Waals surface area contributed by atoms with Gasteiger partial charge in [0.25, 0.3) is 0 Å².